The van der Waals surface area contributed by atoms with Gasteiger partial charge in [0.2, 0.25) is 0 Å². The van der Waals surface area contributed by atoms with Crippen molar-refractivity contribution in [3.05, 3.63) is 59.8 Å². The molecule has 0 atom stereocenters. The van der Waals surface area contributed by atoms with Gasteiger partial charge in [-0.2, -0.15) is 0 Å². The quantitative estimate of drug-likeness (QED) is 0.682. The van der Waals surface area contributed by atoms with E-state index in [1.807, 2.05) is 43.0 Å². The highest BCUT2D eigenvalue weighted by atomic mass is 16.5. The molecule has 0 radical (unpaired) electrons. The van der Waals surface area contributed by atoms with Gasteiger partial charge >= 0.3 is 0 Å². The Balaban J connectivity index is 1.72. The number of carbonyl (C=O) groups excluding carboxylic acids is 2. The lowest BCUT2D eigenvalue weighted by Crippen LogP contribution is -2.34. The summed E-state index contributed by atoms with van der Waals surface area (Å²) in [6, 6.07) is 14.4. The van der Waals surface area contributed by atoms with Gasteiger partial charge in [0.1, 0.15) is 17.2 Å². The highest BCUT2D eigenvalue weighted by Gasteiger charge is 2.42. The third-order valence-electron chi connectivity index (χ3n) is 5.33. The first-order valence-corrected chi connectivity index (χ1v) is 10.3. The van der Waals surface area contributed by atoms with Crippen molar-refractivity contribution >= 4 is 23.1 Å². The second-order valence-electron chi connectivity index (χ2n) is 7.75. The molecular weight excluding hydrogens is 380 g/mol. The molecule has 1 fully saturated rings. The van der Waals surface area contributed by atoms with Gasteiger partial charge in [0, 0.05) is 13.1 Å². The summed E-state index contributed by atoms with van der Waals surface area (Å²) in [5.41, 5.74) is 2.21. The predicted octanol–water partition coefficient (Wildman–Crippen LogP) is 3.86. The fourth-order valence-electron chi connectivity index (χ4n) is 3.95. The van der Waals surface area contributed by atoms with Crippen molar-refractivity contribution in [3.8, 4) is 11.5 Å². The average Bonchev–Trinajstić information content (AvgIpc) is 3.35. The van der Waals surface area contributed by atoms with Crippen LogP contribution >= 0.6 is 0 Å². The number of hydrogen-bond donors (Lipinski definition) is 0. The van der Waals surface area contributed by atoms with Gasteiger partial charge in [-0.1, -0.05) is 12.1 Å². The van der Waals surface area contributed by atoms with Crippen molar-refractivity contribution in [1.82, 2.24) is 4.90 Å². The summed E-state index contributed by atoms with van der Waals surface area (Å²) in [7, 11) is 1.60. The molecule has 6 heteroatoms. The van der Waals surface area contributed by atoms with Gasteiger partial charge < -0.3 is 14.4 Å². The zero-order valence-corrected chi connectivity index (χ0v) is 17.6. The Morgan fingerprint density at radius 1 is 0.833 bits per heavy atom. The first-order chi connectivity index (χ1) is 14.5. The van der Waals surface area contributed by atoms with E-state index in [1.54, 1.807) is 31.4 Å². The number of amides is 2. The minimum Gasteiger partial charge on any atom is -0.497 e. The fraction of sp³-hybridized carbons (Fsp3) is 0.333. The van der Waals surface area contributed by atoms with Crippen molar-refractivity contribution in [1.29, 1.82) is 0 Å². The molecule has 0 bridgehead atoms. The van der Waals surface area contributed by atoms with Gasteiger partial charge in [-0.15, -0.1) is 0 Å². The lowest BCUT2D eigenvalue weighted by atomic mass is 10.0. The number of benzene rings is 2. The fourth-order valence-corrected chi connectivity index (χ4v) is 3.95. The Morgan fingerprint density at radius 3 is 2.00 bits per heavy atom. The van der Waals surface area contributed by atoms with E-state index in [2.05, 4.69) is 0 Å². The minimum atomic E-state index is -0.301. The Hall–Kier alpha value is -3.28. The maximum Gasteiger partial charge on any atom is 0.282 e. The minimum absolute atomic E-state index is 0.0519. The van der Waals surface area contributed by atoms with Gasteiger partial charge in [-0.05, 0) is 68.7 Å². The number of hydrogen-bond acceptors (Lipinski definition) is 5. The Labute approximate surface area is 176 Å². The lowest BCUT2D eigenvalue weighted by Gasteiger charge is -2.20. The molecule has 156 valence electrons. The van der Waals surface area contributed by atoms with E-state index in [0.29, 0.717) is 28.5 Å². The maximum absolute atomic E-state index is 13.5. The number of rotatable bonds is 6. The van der Waals surface area contributed by atoms with E-state index in [4.69, 9.17) is 9.47 Å². The molecule has 2 amide bonds. The number of anilines is 1. The topological polar surface area (TPSA) is 59.1 Å². The molecule has 2 aliphatic rings. The highest BCUT2D eigenvalue weighted by molar-refractivity contribution is 6.45. The zero-order valence-electron chi connectivity index (χ0n) is 17.6. The van der Waals surface area contributed by atoms with Crippen LogP contribution in [0.15, 0.2) is 54.2 Å². The number of imide groups is 1. The molecule has 6 nitrogen and oxygen atoms in total. The molecule has 2 heterocycles. The number of methoxy groups -OCH3 is 1. The van der Waals surface area contributed by atoms with Crippen molar-refractivity contribution in [3.63, 3.8) is 0 Å². The molecule has 2 aromatic rings. The Bertz CT molecular complexity index is 971. The smallest absolute Gasteiger partial charge is 0.282 e. The van der Waals surface area contributed by atoms with Gasteiger partial charge in [-0.3, -0.25) is 9.59 Å². The predicted molar refractivity (Wildman–Crippen MR) is 115 cm³/mol. The standard InChI is InChI=1S/C24H26N2O4/c1-16(2)30-20-12-8-18(9-13-20)26-23(27)21(17-6-10-19(29-3)11-7-17)22(24(26)28)25-14-4-5-15-25/h6-13,16H,4-5,14-15H2,1-3H3. The number of ether oxygens (including phenoxy) is 2. The summed E-state index contributed by atoms with van der Waals surface area (Å²) in [4.78, 5) is 30.2. The van der Waals surface area contributed by atoms with E-state index in [0.717, 1.165) is 31.5 Å². The summed E-state index contributed by atoms with van der Waals surface area (Å²) >= 11 is 0. The SMILES string of the molecule is COc1ccc(C2=C(N3CCCC3)C(=O)N(c3ccc(OC(C)C)cc3)C2=O)cc1. The summed E-state index contributed by atoms with van der Waals surface area (Å²) in [6.45, 7) is 5.47. The number of likely N-dealkylation sites (tertiary alicyclic amines) is 1. The molecule has 0 saturated carbocycles. The van der Waals surface area contributed by atoms with Gasteiger partial charge in [0.05, 0.1) is 24.5 Å². The lowest BCUT2D eigenvalue weighted by molar-refractivity contribution is -0.120. The normalized spacial score (nSPS) is 16.8. The second-order valence-corrected chi connectivity index (χ2v) is 7.75. The molecule has 4 rings (SSSR count). The van der Waals surface area contributed by atoms with E-state index in [9.17, 15) is 9.59 Å². The molecule has 0 unspecified atom stereocenters. The van der Waals surface area contributed by atoms with E-state index in [-0.39, 0.29) is 17.9 Å². The molecule has 30 heavy (non-hydrogen) atoms. The van der Waals surface area contributed by atoms with Crippen molar-refractivity contribution in [2.45, 2.75) is 32.8 Å². The van der Waals surface area contributed by atoms with E-state index >= 15 is 0 Å². The van der Waals surface area contributed by atoms with Crippen LogP contribution in [0.1, 0.15) is 32.3 Å². The van der Waals surface area contributed by atoms with Crippen molar-refractivity contribution in [2.24, 2.45) is 0 Å². The molecule has 1 saturated heterocycles. The largest absolute Gasteiger partial charge is 0.497 e. The number of carbonyl (C=O) groups is 2. The van der Waals surface area contributed by atoms with Crippen molar-refractivity contribution in [2.75, 3.05) is 25.1 Å². The van der Waals surface area contributed by atoms with E-state index in [1.165, 1.54) is 4.90 Å². The van der Waals surface area contributed by atoms with Crippen LogP contribution in [0.2, 0.25) is 0 Å². The first kappa shape index (κ1) is 20.0. The molecule has 2 aromatic carbocycles. The van der Waals surface area contributed by atoms with Crippen LogP contribution in [0.4, 0.5) is 5.69 Å². The Kier molecular flexibility index (Phi) is 5.48. The zero-order chi connectivity index (χ0) is 21.3. The van der Waals surface area contributed by atoms with Gasteiger partial charge in [0.15, 0.2) is 0 Å². The van der Waals surface area contributed by atoms with Gasteiger partial charge in [0.25, 0.3) is 11.8 Å². The summed E-state index contributed by atoms with van der Waals surface area (Å²) in [5, 5.41) is 0. The van der Waals surface area contributed by atoms with Gasteiger partial charge in [-0.25, -0.2) is 4.90 Å². The van der Waals surface area contributed by atoms with Crippen LogP contribution < -0.4 is 14.4 Å². The summed E-state index contributed by atoms with van der Waals surface area (Å²) in [5.74, 6) is 0.835. The third kappa shape index (κ3) is 3.65. The van der Waals surface area contributed by atoms with E-state index < -0.39 is 0 Å². The first-order valence-electron chi connectivity index (χ1n) is 10.3. The monoisotopic (exact) mass is 406 g/mol. The molecule has 0 aromatic heterocycles. The molecule has 0 N–H and O–H groups in total. The maximum atomic E-state index is 13.5. The molecular formula is C24H26N2O4. The number of nitrogens with zero attached hydrogens (tertiary/aromatic N) is 2. The van der Waals surface area contributed by atoms with Crippen LogP contribution in [0.25, 0.3) is 5.57 Å². The van der Waals surface area contributed by atoms with Crippen LogP contribution in [0.3, 0.4) is 0 Å². The average molecular weight is 406 g/mol. The molecule has 0 spiro atoms. The third-order valence-corrected chi connectivity index (χ3v) is 5.33. The summed E-state index contributed by atoms with van der Waals surface area (Å²) < 4.78 is 10.9. The highest BCUT2D eigenvalue weighted by Crippen LogP contribution is 2.37. The molecule has 2 aliphatic heterocycles. The van der Waals surface area contributed by atoms with Crippen molar-refractivity contribution < 1.29 is 19.1 Å². The van der Waals surface area contributed by atoms with Crippen LogP contribution in [0, 0.1) is 0 Å². The van der Waals surface area contributed by atoms with Crippen LogP contribution in [-0.4, -0.2) is 43.0 Å². The Morgan fingerprint density at radius 2 is 1.43 bits per heavy atom. The van der Waals surface area contributed by atoms with Crippen LogP contribution in [-0.2, 0) is 9.59 Å². The van der Waals surface area contributed by atoms with Crippen LogP contribution in [0.5, 0.6) is 11.5 Å². The summed E-state index contributed by atoms with van der Waals surface area (Å²) in [6.07, 6.45) is 2.08. The second kappa shape index (κ2) is 8.22. The molecule has 0 aliphatic carbocycles.